The maximum absolute atomic E-state index is 12.5. The van der Waals surface area contributed by atoms with E-state index in [1.807, 2.05) is 18.2 Å². The normalized spacial score (nSPS) is 22.7. The lowest BCUT2D eigenvalue weighted by Gasteiger charge is -2.30. The van der Waals surface area contributed by atoms with E-state index >= 15 is 0 Å². The molecular weight excluding hydrogens is 366 g/mol. The van der Waals surface area contributed by atoms with Gasteiger partial charge in [-0.3, -0.25) is 24.2 Å². The summed E-state index contributed by atoms with van der Waals surface area (Å²) in [5.74, 6) is -0.557. The number of rotatable bonds is 9. The van der Waals surface area contributed by atoms with Crippen molar-refractivity contribution in [2.75, 3.05) is 26.2 Å². The third kappa shape index (κ3) is 4.86. The zero-order chi connectivity index (χ0) is 20.8. The Labute approximate surface area is 173 Å². The van der Waals surface area contributed by atoms with Gasteiger partial charge < -0.3 is 5.32 Å². The van der Waals surface area contributed by atoms with Crippen molar-refractivity contribution in [1.82, 2.24) is 15.1 Å². The van der Waals surface area contributed by atoms with Crippen molar-refractivity contribution in [3.8, 4) is 0 Å². The molecule has 1 aromatic rings. The van der Waals surface area contributed by atoms with Gasteiger partial charge in [0.25, 0.3) is 0 Å². The lowest BCUT2D eigenvalue weighted by molar-refractivity contribution is -0.140. The summed E-state index contributed by atoms with van der Waals surface area (Å²) >= 11 is 0. The first-order chi connectivity index (χ1) is 14.1. The largest absolute Gasteiger partial charge is 0.354 e. The second-order valence-electron chi connectivity index (χ2n) is 8.03. The van der Waals surface area contributed by atoms with E-state index in [2.05, 4.69) is 36.2 Å². The van der Waals surface area contributed by atoms with Crippen LogP contribution in [0.4, 0.5) is 0 Å². The third-order valence-corrected chi connectivity index (χ3v) is 6.42. The third-order valence-electron chi connectivity index (χ3n) is 6.42. The summed E-state index contributed by atoms with van der Waals surface area (Å²) in [5, 5.41) is 3.02. The van der Waals surface area contributed by atoms with Crippen LogP contribution in [0.25, 0.3) is 0 Å². The molecule has 29 heavy (non-hydrogen) atoms. The van der Waals surface area contributed by atoms with Crippen molar-refractivity contribution >= 4 is 17.7 Å². The average molecular weight is 400 g/mol. The fourth-order valence-corrected chi connectivity index (χ4v) is 4.76. The SMILES string of the molecule is CCN(CC)[C@@H](CNC(=O)CCN1C(=O)[C@H]2CCCC[C@@H]2C1=O)c1ccccc1. The van der Waals surface area contributed by atoms with Crippen LogP contribution in [0.15, 0.2) is 30.3 Å². The van der Waals surface area contributed by atoms with Crippen LogP contribution >= 0.6 is 0 Å². The zero-order valence-corrected chi connectivity index (χ0v) is 17.6. The molecule has 1 heterocycles. The fourth-order valence-electron chi connectivity index (χ4n) is 4.76. The number of carbonyl (C=O) groups is 3. The molecule has 0 bridgehead atoms. The fraction of sp³-hybridized carbons (Fsp3) is 0.609. The molecule has 0 unspecified atom stereocenters. The molecule has 1 saturated heterocycles. The molecule has 1 aliphatic carbocycles. The molecule has 1 aromatic carbocycles. The number of likely N-dealkylation sites (tertiary alicyclic amines) is 1. The van der Waals surface area contributed by atoms with Crippen molar-refractivity contribution in [2.45, 2.75) is 52.0 Å². The Hall–Kier alpha value is -2.21. The Morgan fingerprint density at radius 2 is 1.66 bits per heavy atom. The minimum atomic E-state index is -0.149. The highest BCUT2D eigenvalue weighted by Crippen LogP contribution is 2.37. The molecule has 158 valence electrons. The van der Waals surface area contributed by atoms with Gasteiger partial charge >= 0.3 is 0 Å². The highest BCUT2D eigenvalue weighted by atomic mass is 16.2. The van der Waals surface area contributed by atoms with Gasteiger partial charge in [0, 0.05) is 19.5 Å². The summed E-state index contributed by atoms with van der Waals surface area (Å²) in [7, 11) is 0. The molecular formula is C23H33N3O3. The van der Waals surface area contributed by atoms with Crippen LogP contribution in [0.5, 0.6) is 0 Å². The van der Waals surface area contributed by atoms with Crippen LogP contribution < -0.4 is 5.32 Å². The van der Waals surface area contributed by atoms with Crippen LogP contribution in [0.3, 0.4) is 0 Å². The topological polar surface area (TPSA) is 69.7 Å². The predicted octanol–water partition coefficient (Wildman–Crippen LogP) is 2.75. The van der Waals surface area contributed by atoms with E-state index in [1.165, 1.54) is 10.5 Å². The lowest BCUT2D eigenvalue weighted by Crippen LogP contribution is -2.40. The molecule has 3 atom stereocenters. The summed E-state index contributed by atoms with van der Waals surface area (Å²) in [6, 6.07) is 10.3. The Kier molecular flexibility index (Phi) is 7.42. The number of fused-ring (bicyclic) bond motifs is 1. The summed E-state index contributed by atoms with van der Waals surface area (Å²) in [4.78, 5) is 41.2. The van der Waals surface area contributed by atoms with Crippen molar-refractivity contribution in [3.05, 3.63) is 35.9 Å². The number of imide groups is 1. The number of likely N-dealkylation sites (N-methyl/N-ethyl adjacent to an activating group) is 1. The molecule has 1 saturated carbocycles. The van der Waals surface area contributed by atoms with Gasteiger partial charge in [0.05, 0.1) is 17.9 Å². The Bertz CT molecular complexity index is 693. The van der Waals surface area contributed by atoms with Gasteiger partial charge in [-0.05, 0) is 31.5 Å². The molecule has 3 rings (SSSR count). The molecule has 6 heteroatoms. The Balaban J connectivity index is 1.54. The van der Waals surface area contributed by atoms with Crippen LogP contribution in [-0.2, 0) is 14.4 Å². The summed E-state index contributed by atoms with van der Waals surface area (Å²) < 4.78 is 0. The molecule has 2 fully saturated rings. The van der Waals surface area contributed by atoms with Gasteiger partial charge in [-0.25, -0.2) is 0 Å². The van der Waals surface area contributed by atoms with E-state index in [0.29, 0.717) is 6.54 Å². The number of hydrogen-bond donors (Lipinski definition) is 1. The number of carbonyl (C=O) groups excluding carboxylic acids is 3. The standard InChI is InChI=1S/C23H33N3O3/c1-3-25(4-2)20(17-10-6-5-7-11-17)16-24-21(27)14-15-26-22(28)18-12-8-9-13-19(18)23(26)29/h5-7,10-11,18-20H,3-4,8-9,12-16H2,1-2H3,(H,24,27)/t18-,19-,20-/m0/s1. The molecule has 0 aromatic heterocycles. The van der Waals surface area contributed by atoms with E-state index in [-0.39, 0.29) is 48.6 Å². The van der Waals surface area contributed by atoms with Gasteiger partial charge in [0.15, 0.2) is 0 Å². The van der Waals surface area contributed by atoms with Gasteiger partial charge in [0.1, 0.15) is 0 Å². The van der Waals surface area contributed by atoms with Crippen molar-refractivity contribution in [2.24, 2.45) is 11.8 Å². The second-order valence-corrected chi connectivity index (χ2v) is 8.03. The van der Waals surface area contributed by atoms with Crippen LogP contribution in [0.2, 0.25) is 0 Å². The first-order valence-corrected chi connectivity index (χ1v) is 11.0. The van der Waals surface area contributed by atoms with E-state index in [4.69, 9.17) is 0 Å². The van der Waals surface area contributed by atoms with Crippen LogP contribution in [0, 0.1) is 11.8 Å². The molecule has 6 nitrogen and oxygen atoms in total. The second kappa shape index (κ2) is 10.0. The quantitative estimate of drug-likeness (QED) is 0.648. The smallest absolute Gasteiger partial charge is 0.233 e. The van der Waals surface area contributed by atoms with Gasteiger partial charge in [-0.2, -0.15) is 0 Å². The lowest BCUT2D eigenvalue weighted by atomic mass is 9.81. The number of benzene rings is 1. The van der Waals surface area contributed by atoms with Crippen molar-refractivity contribution in [1.29, 1.82) is 0 Å². The van der Waals surface area contributed by atoms with Crippen LogP contribution in [0.1, 0.15) is 57.6 Å². The molecule has 0 spiro atoms. The molecule has 1 N–H and O–H groups in total. The van der Waals surface area contributed by atoms with E-state index < -0.39 is 0 Å². The number of nitrogens with one attached hydrogen (secondary N) is 1. The molecule has 3 amide bonds. The number of nitrogens with zero attached hydrogens (tertiary/aromatic N) is 2. The van der Waals surface area contributed by atoms with Gasteiger partial charge in [0.2, 0.25) is 17.7 Å². The molecule has 0 radical (unpaired) electrons. The highest BCUT2D eigenvalue weighted by molar-refractivity contribution is 6.05. The van der Waals surface area contributed by atoms with Crippen LogP contribution in [-0.4, -0.2) is 53.7 Å². The average Bonchev–Trinajstić information content (AvgIpc) is 3.00. The van der Waals surface area contributed by atoms with Crippen molar-refractivity contribution in [3.63, 3.8) is 0 Å². The Morgan fingerprint density at radius 3 is 2.21 bits per heavy atom. The molecule has 1 aliphatic heterocycles. The van der Waals surface area contributed by atoms with Gasteiger partial charge in [-0.1, -0.05) is 57.0 Å². The highest BCUT2D eigenvalue weighted by Gasteiger charge is 2.47. The van der Waals surface area contributed by atoms with Gasteiger partial charge in [-0.15, -0.1) is 0 Å². The number of hydrogen-bond acceptors (Lipinski definition) is 4. The maximum Gasteiger partial charge on any atom is 0.233 e. The zero-order valence-electron chi connectivity index (χ0n) is 17.6. The predicted molar refractivity (Wildman–Crippen MR) is 112 cm³/mol. The van der Waals surface area contributed by atoms with Crippen molar-refractivity contribution < 1.29 is 14.4 Å². The summed E-state index contributed by atoms with van der Waals surface area (Å²) in [6.45, 7) is 6.73. The first kappa shape index (κ1) is 21.5. The Morgan fingerprint density at radius 1 is 1.07 bits per heavy atom. The monoisotopic (exact) mass is 399 g/mol. The number of amides is 3. The van der Waals surface area contributed by atoms with E-state index in [9.17, 15) is 14.4 Å². The summed E-state index contributed by atoms with van der Waals surface area (Å²) in [6.07, 6.45) is 3.80. The maximum atomic E-state index is 12.5. The van der Waals surface area contributed by atoms with E-state index in [0.717, 1.165) is 38.8 Å². The minimum Gasteiger partial charge on any atom is -0.354 e. The van der Waals surface area contributed by atoms with E-state index in [1.54, 1.807) is 0 Å². The minimum absolute atomic E-state index is 0.0715. The first-order valence-electron chi connectivity index (χ1n) is 11.0. The molecule has 2 aliphatic rings. The summed E-state index contributed by atoms with van der Waals surface area (Å²) in [5.41, 5.74) is 1.17.